The molecule has 0 aliphatic heterocycles. The Labute approximate surface area is 154 Å². The van der Waals surface area contributed by atoms with Crippen molar-refractivity contribution in [1.82, 2.24) is 4.57 Å². The van der Waals surface area contributed by atoms with Gasteiger partial charge < -0.3 is 19.4 Å². The van der Waals surface area contributed by atoms with Crippen molar-refractivity contribution in [2.75, 3.05) is 19.0 Å². The van der Waals surface area contributed by atoms with Gasteiger partial charge in [0.25, 0.3) is 11.5 Å². The fraction of sp³-hybridized carbons (Fsp3) is 0.158. The average molecular weight is 373 g/mol. The summed E-state index contributed by atoms with van der Waals surface area (Å²) in [5, 5.41) is 3.91. The number of pyridine rings is 1. The van der Waals surface area contributed by atoms with E-state index in [2.05, 4.69) is 5.32 Å². The molecule has 1 N–H and O–H groups in total. The molecule has 0 bridgehead atoms. The summed E-state index contributed by atoms with van der Waals surface area (Å²) in [6, 6.07) is 13.6. The molecule has 0 atom stereocenters. The molecule has 1 heterocycles. The Morgan fingerprint density at radius 3 is 2.69 bits per heavy atom. The topological polar surface area (TPSA) is 69.6 Å². The first-order chi connectivity index (χ1) is 12.5. The number of nitrogens with one attached hydrogen (secondary N) is 1. The number of aryl methyl sites for hydroxylation is 1. The Balaban J connectivity index is 1.79. The van der Waals surface area contributed by atoms with Crippen LogP contribution in [-0.4, -0.2) is 24.2 Å². The third kappa shape index (κ3) is 3.65. The number of hydrogen-bond acceptors (Lipinski definition) is 4. The van der Waals surface area contributed by atoms with Gasteiger partial charge in [0.15, 0.2) is 6.61 Å². The number of rotatable bonds is 5. The first-order valence-corrected chi connectivity index (χ1v) is 8.22. The normalized spacial score (nSPS) is 10.6. The number of para-hydroxylation sites is 1. The molecule has 3 rings (SSSR count). The highest BCUT2D eigenvalue weighted by Crippen LogP contribution is 2.28. The quantitative estimate of drug-likeness (QED) is 0.746. The van der Waals surface area contributed by atoms with Crippen LogP contribution in [0, 0.1) is 0 Å². The molecule has 1 amide bonds. The molecule has 0 aliphatic rings. The molecule has 0 aliphatic carbocycles. The number of hydrogen-bond donors (Lipinski definition) is 1. The van der Waals surface area contributed by atoms with E-state index in [1.165, 1.54) is 17.7 Å². The smallest absolute Gasteiger partial charge is 0.262 e. The number of anilines is 1. The molecule has 2 aromatic carbocycles. The van der Waals surface area contributed by atoms with Crippen molar-refractivity contribution < 1.29 is 14.3 Å². The minimum atomic E-state index is -0.393. The minimum Gasteiger partial charge on any atom is -0.495 e. The highest BCUT2D eigenvalue weighted by atomic mass is 35.5. The molecule has 3 aromatic rings. The summed E-state index contributed by atoms with van der Waals surface area (Å²) in [5.41, 5.74) is 0.963. The molecule has 6 nitrogen and oxygen atoms in total. The number of halogens is 1. The number of methoxy groups -OCH3 is 1. The Bertz CT molecular complexity index is 1030. The number of nitrogens with zero attached hydrogens (tertiary/aromatic N) is 1. The highest BCUT2D eigenvalue weighted by molar-refractivity contribution is 6.31. The van der Waals surface area contributed by atoms with Crippen LogP contribution in [0.1, 0.15) is 0 Å². The monoisotopic (exact) mass is 372 g/mol. The van der Waals surface area contributed by atoms with Crippen molar-refractivity contribution in [1.29, 1.82) is 0 Å². The summed E-state index contributed by atoms with van der Waals surface area (Å²) in [5.74, 6) is 0.453. The second-order valence-electron chi connectivity index (χ2n) is 5.60. The van der Waals surface area contributed by atoms with Gasteiger partial charge in [0.05, 0.1) is 18.3 Å². The number of carbonyl (C=O) groups excluding carboxylic acids is 1. The summed E-state index contributed by atoms with van der Waals surface area (Å²) in [7, 11) is 3.19. The molecular weight excluding hydrogens is 356 g/mol. The van der Waals surface area contributed by atoms with Gasteiger partial charge in [-0.15, -0.1) is 0 Å². The van der Waals surface area contributed by atoms with Crippen LogP contribution in [0.25, 0.3) is 10.9 Å². The molecule has 0 saturated carbocycles. The number of fused-ring (bicyclic) bond motifs is 1. The van der Waals surface area contributed by atoms with Crippen LogP contribution in [0.3, 0.4) is 0 Å². The van der Waals surface area contributed by atoms with Crippen molar-refractivity contribution in [3.05, 3.63) is 63.9 Å². The Morgan fingerprint density at radius 2 is 1.92 bits per heavy atom. The molecule has 0 spiro atoms. The van der Waals surface area contributed by atoms with E-state index in [1.54, 1.807) is 25.2 Å². The summed E-state index contributed by atoms with van der Waals surface area (Å²) < 4.78 is 12.3. The van der Waals surface area contributed by atoms with Gasteiger partial charge in [0.1, 0.15) is 11.5 Å². The van der Waals surface area contributed by atoms with Crippen molar-refractivity contribution in [2.45, 2.75) is 0 Å². The molecular formula is C19H17ClN2O4. The largest absolute Gasteiger partial charge is 0.495 e. The van der Waals surface area contributed by atoms with Gasteiger partial charge in [-0.2, -0.15) is 0 Å². The number of carbonyl (C=O) groups is 1. The van der Waals surface area contributed by atoms with Crippen molar-refractivity contribution in [3.63, 3.8) is 0 Å². The lowest BCUT2D eigenvalue weighted by Crippen LogP contribution is -2.22. The van der Waals surface area contributed by atoms with Gasteiger partial charge in [0, 0.05) is 23.5 Å². The van der Waals surface area contributed by atoms with E-state index >= 15 is 0 Å². The zero-order valence-corrected chi connectivity index (χ0v) is 15.0. The van der Waals surface area contributed by atoms with Crippen LogP contribution in [0.5, 0.6) is 11.5 Å². The summed E-state index contributed by atoms with van der Waals surface area (Å²) in [6.45, 7) is -0.257. The number of ether oxygens (including phenoxy) is 2. The van der Waals surface area contributed by atoms with E-state index in [9.17, 15) is 9.59 Å². The van der Waals surface area contributed by atoms with Crippen LogP contribution in [0.2, 0.25) is 5.02 Å². The number of benzene rings is 2. The maximum absolute atomic E-state index is 12.2. The third-order valence-electron chi connectivity index (χ3n) is 3.91. The maximum atomic E-state index is 12.2. The lowest BCUT2D eigenvalue weighted by molar-refractivity contribution is -0.118. The SMILES string of the molecule is COc1ccc(Cl)cc1NC(=O)COc1cc(=O)n(C)c2ccccc12. The van der Waals surface area contributed by atoms with Crippen LogP contribution < -0.4 is 20.3 Å². The fourth-order valence-corrected chi connectivity index (χ4v) is 2.78. The second-order valence-corrected chi connectivity index (χ2v) is 6.04. The zero-order chi connectivity index (χ0) is 18.7. The molecule has 26 heavy (non-hydrogen) atoms. The average Bonchev–Trinajstić information content (AvgIpc) is 2.64. The first-order valence-electron chi connectivity index (χ1n) is 7.84. The van der Waals surface area contributed by atoms with Crippen molar-refractivity contribution in [3.8, 4) is 11.5 Å². The van der Waals surface area contributed by atoms with E-state index in [1.807, 2.05) is 24.3 Å². The predicted molar refractivity (Wildman–Crippen MR) is 101 cm³/mol. The van der Waals surface area contributed by atoms with Crippen LogP contribution >= 0.6 is 11.6 Å². The predicted octanol–water partition coefficient (Wildman–Crippen LogP) is 3.22. The van der Waals surface area contributed by atoms with Crippen LogP contribution in [0.4, 0.5) is 5.69 Å². The molecule has 0 saturated heterocycles. The lowest BCUT2D eigenvalue weighted by Gasteiger charge is -2.13. The molecule has 0 unspecified atom stereocenters. The molecule has 1 aromatic heterocycles. The van der Waals surface area contributed by atoms with Crippen LogP contribution in [0.15, 0.2) is 53.3 Å². The van der Waals surface area contributed by atoms with Gasteiger partial charge in [0.2, 0.25) is 0 Å². The van der Waals surface area contributed by atoms with E-state index in [0.717, 1.165) is 10.9 Å². The molecule has 0 fully saturated rings. The number of amides is 1. The Morgan fingerprint density at radius 1 is 1.15 bits per heavy atom. The third-order valence-corrected chi connectivity index (χ3v) is 4.15. The standard InChI is InChI=1S/C19H17ClN2O4/c1-22-15-6-4-3-5-13(15)17(10-19(22)24)26-11-18(23)21-14-9-12(20)7-8-16(14)25-2/h3-10H,11H2,1-2H3,(H,21,23). The zero-order valence-electron chi connectivity index (χ0n) is 14.3. The van der Waals surface area contributed by atoms with Gasteiger partial charge >= 0.3 is 0 Å². The van der Waals surface area contributed by atoms with Gasteiger partial charge in [-0.3, -0.25) is 9.59 Å². The molecule has 134 valence electrons. The van der Waals surface area contributed by atoms with Crippen molar-refractivity contribution >= 4 is 34.1 Å². The first kappa shape index (κ1) is 17.8. The van der Waals surface area contributed by atoms with E-state index in [4.69, 9.17) is 21.1 Å². The summed E-state index contributed by atoms with van der Waals surface area (Å²) >= 11 is 5.95. The van der Waals surface area contributed by atoms with Crippen LogP contribution in [-0.2, 0) is 11.8 Å². The van der Waals surface area contributed by atoms with E-state index < -0.39 is 5.91 Å². The molecule has 0 radical (unpaired) electrons. The summed E-state index contributed by atoms with van der Waals surface area (Å²) in [6.07, 6.45) is 0. The van der Waals surface area contributed by atoms with E-state index in [-0.39, 0.29) is 12.2 Å². The second kappa shape index (κ2) is 7.49. The Kier molecular flexibility index (Phi) is 5.14. The maximum Gasteiger partial charge on any atom is 0.262 e. The number of aromatic nitrogens is 1. The summed E-state index contributed by atoms with van der Waals surface area (Å²) in [4.78, 5) is 24.3. The highest BCUT2D eigenvalue weighted by Gasteiger charge is 2.12. The molecule has 7 heteroatoms. The van der Waals surface area contributed by atoms with Crippen molar-refractivity contribution in [2.24, 2.45) is 7.05 Å². The minimum absolute atomic E-state index is 0.212. The lowest BCUT2D eigenvalue weighted by atomic mass is 10.2. The fourth-order valence-electron chi connectivity index (χ4n) is 2.61. The van der Waals surface area contributed by atoms with Gasteiger partial charge in [-0.25, -0.2) is 0 Å². The van der Waals surface area contributed by atoms with Gasteiger partial charge in [-0.05, 0) is 30.3 Å². The van der Waals surface area contributed by atoms with Gasteiger partial charge in [-0.1, -0.05) is 23.7 Å². The Hall–Kier alpha value is -2.99. The van der Waals surface area contributed by atoms with E-state index in [0.29, 0.717) is 22.2 Å².